The molecule has 0 amide bonds. The SMILES string of the molecule is Cc1ccc(P(O)(c2ccc(Cl)cc2)(c2ccc(Cl)cc2)c2ccc(C)c3c2N=N3)cc1. The predicted octanol–water partition coefficient (Wildman–Crippen LogP) is 6.40. The van der Waals surface area contributed by atoms with Crippen molar-refractivity contribution in [3.8, 4) is 0 Å². The summed E-state index contributed by atoms with van der Waals surface area (Å²) in [4.78, 5) is 13.5. The first-order chi connectivity index (χ1) is 15.3. The van der Waals surface area contributed by atoms with Crippen molar-refractivity contribution in [3.63, 3.8) is 0 Å². The molecule has 0 unspecified atom stereocenters. The fourth-order valence-corrected chi connectivity index (χ4v) is 9.56. The van der Waals surface area contributed by atoms with E-state index in [9.17, 15) is 4.89 Å². The number of rotatable bonds is 4. The van der Waals surface area contributed by atoms with Gasteiger partial charge in [0.25, 0.3) is 0 Å². The molecule has 4 aromatic rings. The quantitative estimate of drug-likeness (QED) is 0.298. The maximum absolute atomic E-state index is 13.5. The van der Waals surface area contributed by atoms with E-state index in [1.807, 2.05) is 98.8 Å². The molecule has 0 bridgehead atoms. The molecule has 6 heteroatoms. The van der Waals surface area contributed by atoms with Crippen LogP contribution in [0.1, 0.15) is 11.1 Å². The van der Waals surface area contributed by atoms with Crippen LogP contribution in [-0.4, -0.2) is 4.89 Å². The maximum atomic E-state index is 13.5. The molecule has 0 fully saturated rings. The second kappa shape index (κ2) is 7.50. The molecule has 0 saturated carbocycles. The normalized spacial score (nSPS) is 13.7. The van der Waals surface area contributed by atoms with Crippen LogP contribution in [0.5, 0.6) is 0 Å². The van der Waals surface area contributed by atoms with Gasteiger partial charge in [0.15, 0.2) is 0 Å². The molecular formula is C26H21Cl2N2OP. The molecule has 5 rings (SSSR count). The van der Waals surface area contributed by atoms with E-state index < -0.39 is 6.83 Å². The summed E-state index contributed by atoms with van der Waals surface area (Å²) < 4.78 is 0. The zero-order valence-corrected chi connectivity index (χ0v) is 20.0. The van der Waals surface area contributed by atoms with E-state index in [1.54, 1.807) is 0 Å². The molecule has 32 heavy (non-hydrogen) atoms. The Balaban J connectivity index is 2.00. The third kappa shape index (κ3) is 2.89. The van der Waals surface area contributed by atoms with E-state index >= 15 is 0 Å². The molecule has 0 aliphatic carbocycles. The summed E-state index contributed by atoms with van der Waals surface area (Å²) in [5, 5.41) is 13.0. The van der Waals surface area contributed by atoms with Gasteiger partial charge in [-0.15, -0.1) is 0 Å². The van der Waals surface area contributed by atoms with Crippen LogP contribution in [0.2, 0.25) is 10.0 Å². The Morgan fingerprint density at radius 2 is 1.03 bits per heavy atom. The van der Waals surface area contributed by atoms with E-state index in [-0.39, 0.29) is 0 Å². The van der Waals surface area contributed by atoms with Crippen LogP contribution in [0.4, 0.5) is 11.4 Å². The van der Waals surface area contributed by atoms with Gasteiger partial charge in [0.05, 0.1) is 0 Å². The molecule has 3 nitrogen and oxygen atoms in total. The minimum absolute atomic E-state index is 0.607. The average Bonchev–Trinajstić information content (AvgIpc) is 2.76. The average molecular weight is 479 g/mol. The Kier molecular flexibility index (Phi) is 5.00. The molecule has 1 aliphatic heterocycles. The van der Waals surface area contributed by atoms with Gasteiger partial charge in [0.2, 0.25) is 0 Å². The van der Waals surface area contributed by atoms with Gasteiger partial charge < -0.3 is 0 Å². The van der Waals surface area contributed by atoms with Crippen molar-refractivity contribution in [3.05, 3.63) is 106 Å². The number of azo groups is 1. The second-order valence-corrected chi connectivity index (χ2v) is 13.2. The van der Waals surface area contributed by atoms with Crippen LogP contribution in [0.25, 0.3) is 0 Å². The van der Waals surface area contributed by atoms with Crippen molar-refractivity contribution in [2.24, 2.45) is 10.2 Å². The molecular weight excluding hydrogens is 458 g/mol. The fourth-order valence-electron chi connectivity index (χ4n) is 4.46. The van der Waals surface area contributed by atoms with Gasteiger partial charge >= 0.3 is 198 Å². The summed E-state index contributed by atoms with van der Waals surface area (Å²) in [7, 11) is 0. The Hall–Kier alpha value is -2.55. The van der Waals surface area contributed by atoms with E-state index in [0.29, 0.717) is 10.0 Å². The molecule has 0 saturated heterocycles. The summed E-state index contributed by atoms with van der Waals surface area (Å²) in [5.74, 6) is 0. The van der Waals surface area contributed by atoms with Gasteiger partial charge in [-0.25, -0.2) is 0 Å². The Bertz CT molecular complexity index is 1250. The van der Waals surface area contributed by atoms with Crippen LogP contribution in [0, 0.1) is 13.8 Å². The van der Waals surface area contributed by atoms with Crippen LogP contribution < -0.4 is 21.2 Å². The molecule has 0 spiro atoms. The molecule has 0 aromatic heterocycles. The van der Waals surface area contributed by atoms with Crippen LogP contribution in [-0.2, 0) is 0 Å². The number of halogens is 2. The zero-order chi connectivity index (χ0) is 22.5. The van der Waals surface area contributed by atoms with Gasteiger partial charge in [-0.3, -0.25) is 0 Å². The van der Waals surface area contributed by atoms with Crippen molar-refractivity contribution in [2.45, 2.75) is 13.8 Å². The van der Waals surface area contributed by atoms with Crippen molar-refractivity contribution in [1.82, 2.24) is 0 Å². The van der Waals surface area contributed by atoms with E-state index in [0.717, 1.165) is 43.7 Å². The summed E-state index contributed by atoms with van der Waals surface area (Å²) in [6, 6.07) is 27.0. The van der Waals surface area contributed by atoms with Gasteiger partial charge in [-0.2, -0.15) is 0 Å². The molecule has 4 aromatic carbocycles. The first-order valence-electron chi connectivity index (χ1n) is 10.2. The molecule has 1 N–H and O–H groups in total. The summed E-state index contributed by atoms with van der Waals surface area (Å²) >= 11 is 12.5. The first kappa shape index (κ1) is 21.3. The van der Waals surface area contributed by atoms with Crippen molar-refractivity contribution < 1.29 is 4.89 Å². The first-order valence-corrected chi connectivity index (χ1v) is 13.2. The Morgan fingerprint density at radius 3 is 1.47 bits per heavy atom. The summed E-state index contributed by atoms with van der Waals surface area (Å²) in [6.07, 6.45) is 0. The molecule has 1 heterocycles. The van der Waals surface area contributed by atoms with E-state index in [2.05, 4.69) is 10.2 Å². The topological polar surface area (TPSA) is 45.0 Å². The molecule has 0 radical (unpaired) electrons. The van der Waals surface area contributed by atoms with Gasteiger partial charge in [-0.05, 0) is 0 Å². The minimum atomic E-state index is -4.21. The van der Waals surface area contributed by atoms with Gasteiger partial charge in [0.1, 0.15) is 0 Å². The number of benzene rings is 4. The number of hydrogen-bond donors (Lipinski definition) is 1. The number of hydrogen-bond acceptors (Lipinski definition) is 3. The number of aryl methyl sites for hydroxylation is 2. The van der Waals surface area contributed by atoms with Crippen molar-refractivity contribution in [2.75, 3.05) is 0 Å². The Labute approximate surface area is 197 Å². The van der Waals surface area contributed by atoms with Crippen LogP contribution in [0.3, 0.4) is 0 Å². The zero-order valence-electron chi connectivity index (χ0n) is 17.6. The summed E-state index contributed by atoms with van der Waals surface area (Å²) in [6.45, 7) is -0.176. The van der Waals surface area contributed by atoms with Gasteiger partial charge in [0, 0.05) is 0 Å². The summed E-state index contributed by atoms with van der Waals surface area (Å²) in [5.41, 5.74) is 3.69. The molecule has 1 aliphatic rings. The van der Waals surface area contributed by atoms with E-state index in [4.69, 9.17) is 23.2 Å². The molecule has 160 valence electrons. The standard InChI is InChI=1S/C26H21Cl2N2OP/c1-17-3-10-21(11-4-17)32(31,22-12-6-19(27)7-13-22,23-14-8-20(28)9-15-23)24-16-5-18(2)25-26(24)30-29-25/h3-16,31H,1-2H3. The second-order valence-electron chi connectivity index (χ2n) is 8.16. The van der Waals surface area contributed by atoms with Crippen LogP contribution in [0.15, 0.2) is 95.2 Å². The van der Waals surface area contributed by atoms with Gasteiger partial charge in [-0.1, -0.05) is 0 Å². The predicted molar refractivity (Wildman–Crippen MR) is 137 cm³/mol. The number of nitrogens with zero attached hydrogens (tertiary/aromatic N) is 2. The third-order valence-electron chi connectivity index (χ3n) is 6.25. The number of fused-ring (bicyclic) bond motifs is 1. The van der Waals surface area contributed by atoms with E-state index in [1.165, 1.54) is 0 Å². The molecule has 0 atom stereocenters. The van der Waals surface area contributed by atoms with Crippen LogP contribution >= 0.6 is 30.0 Å². The van der Waals surface area contributed by atoms with Crippen molar-refractivity contribution >= 4 is 62.6 Å². The monoisotopic (exact) mass is 478 g/mol. The van der Waals surface area contributed by atoms with Crippen molar-refractivity contribution in [1.29, 1.82) is 0 Å². The fraction of sp³-hybridized carbons (Fsp3) is 0.0769. The Morgan fingerprint density at radius 1 is 0.594 bits per heavy atom. The third-order valence-corrected chi connectivity index (χ3v) is 12.0.